The van der Waals surface area contributed by atoms with Crippen LogP contribution in [0, 0.1) is 19.8 Å². The van der Waals surface area contributed by atoms with E-state index < -0.39 is 0 Å². The van der Waals surface area contributed by atoms with Gasteiger partial charge in [0.25, 0.3) is 0 Å². The second-order valence-electron chi connectivity index (χ2n) is 7.51. The van der Waals surface area contributed by atoms with Crippen LogP contribution in [0.4, 0.5) is 0 Å². The molecule has 0 aliphatic heterocycles. The van der Waals surface area contributed by atoms with Gasteiger partial charge in [-0.25, -0.2) is 0 Å². The van der Waals surface area contributed by atoms with Crippen LogP contribution in [0.15, 0.2) is 6.07 Å². The molecule has 0 aromatic heterocycles. The van der Waals surface area contributed by atoms with Crippen molar-refractivity contribution in [2.75, 3.05) is 0 Å². The van der Waals surface area contributed by atoms with E-state index in [0.717, 1.165) is 23.8 Å². The van der Waals surface area contributed by atoms with Crippen molar-refractivity contribution in [3.8, 4) is 0 Å². The third-order valence-electron chi connectivity index (χ3n) is 6.02. The lowest BCUT2D eigenvalue weighted by atomic mass is 9.55. The SMILES string of the molecule is CCC1(C)CC(C)C(C)(C)c2cc(C)c(C=O)c(C)c21. The average Bonchev–Trinajstić information content (AvgIpc) is 2.36. The molecular weight excluding hydrogens is 244 g/mol. The monoisotopic (exact) mass is 272 g/mol. The van der Waals surface area contributed by atoms with E-state index in [1.54, 1.807) is 0 Å². The molecule has 110 valence electrons. The number of hydrogen-bond donors (Lipinski definition) is 0. The number of benzene rings is 1. The van der Waals surface area contributed by atoms with Crippen molar-refractivity contribution in [3.05, 3.63) is 33.9 Å². The smallest absolute Gasteiger partial charge is 0.150 e. The zero-order valence-corrected chi connectivity index (χ0v) is 14.1. The molecule has 1 aliphatic carbocycles. The summed E-state index contributed by atoms with van der Waals surface area (Å²) in [5, 5.41) is 0. The fourth-order valence-corrected chi connectivity index (χ4v) is 4.09. The van der Waals surface area contributed by atoms with Crippen molar-refractivity contribution in [2.45, 2.75) is 72.1 Å². The lowest BCUT2D eigenvalue weighted by Gasteiger charge is -2.49. The van der Waals surface area contributed by atoms with Gasteiger partial charge in [-0.2, -0.15) is 0 Å². The number of carbonyl (C=O) groups is 1. The predicted molar refractivity (Wildman–Crippen MR) is 85.8 cm³/mol. The van der Waals surface area contributed by atoms with Gasteiger partial charge in [0.05, 0.1) is 0 Å². The van der Waals surface area contributed by atoms with Crippen LogP contribution in [-0.2, 0) is 10.8 Å². The van der Waals surface area contributed by atoms with Crippen LogP contribution in [0.5, 0.6) is 0 Å². The number of aldehydes is 1. The minimum Gasteiger partial charge on any atom is -0.298 e. The molecule has 0 bridgehead atoms. The normalized spacial score (nSPS) is 28.1. The molecule has 0 spiro atoms. The van der Waals surface area contributed by atoms with Crippen LogP contribution in [0.3, 0.4) is 0 Å². The molecule has 1 aliphatic rings. The number of hydrogen-bond acceptors (Lipinski definition) is 1. The Kier molecular flexibility index (Phi) is 3.60. The van der Waals surface area contributed by atoms with Crippen molar-refractivity contribution < 1.29 is 4.79 Å². The standard InChI is InChI=1S/C19H28O/c1-8-19(7)10-13(3)18(5,6)16-9-12(2)15(11-20)14(4)17(16)19/h9,11,13H,8,10H2,1-7H3. The highest BCUT2D eigenvalue weighted by atomic mass is 16.1. The maximum Gasteiger partial charge on any atom is 0.150 e. The highest BCUT2D eigenvalue weighted by Gasteiger charge is 2.44. The fraction of sp³-hybridized carbons (Fsp3) is 0.632. The molecule has 0 N–H and O–H groups in total. The molecule has 2 unspecified atom stereocenters. The largest absolute Gasteiger partial charge is 0.298 e. The van der Waals surface area contributed by atoms with Crippen molar-refractivity contribution in [1.82, 2.24) is 0 Å². The summed E-state index contributed by atoms with van der Waals surface area (Å²) in [6.07, 6.45) is 3.36. The van der Waals surface area contributed by atoms with Gasteiger partial charge in [-0.05, 0) is 65.7 Å². The molecule has 2 atom stereocenters. The first-order valence-electron chi connectivity index (χ1n) is 7.79. The van der Waals surface area contributed by atoms with Crippen LogP contribution in [0.1, 0.15) is 80.1 Å². The third-order valence-corrected chi connectivity index (χ3v) is 6.02. The minimum atomic E-state index is 0.181. The Morgan fingerprint density at radius 3 is 2.40 bits per heavy atom. The van der Waals surface area contributed by atoms with Gasteiger partial charge in [-0.15, -0.1) is 0 Å². The number of fused-ring (bicyclic) bond motifs is 1. The first-order valence-corrected chi connectivity index (χ1v) is 7.79. The summed E-state index contributed by atoms with van der Waals surface area (Å²) < 4.78 is 0. The number of carbonyl (C=O) groups excluding carboxylic acids is 1. The van der Waals surface area contributed by atoms with Crippen LogP contribution in [-0.4, -0.2) is 6.29 Å². The van der Waals surface area contributed by atoms with Crippen LogP contribution in [0.2, 0.25) is 0 Å². The van der Waals surface area contributed by atoms with E-state index in [2.05, 4.69) is 54.5 Å². The molecule has 0 saturated carbocycles. The van der Waals surface area contributed by atoms with E-state index in [1.165, 1.54) is 23.1 Å². The third kappa shape index (κ3) is 1.94. The van der Waals surface area contributed by atoms with Crippen LogP contribution in [0.25, 0.3) is 0 Å². The van der Waals surface area contributed by atoms with E-state index in [1.807, 2.05) is 0 Å². The molecule has 0 saturated heterocycles. The van der Waals surface area contributed by atoms with Crippen molar-refractivity contribution in [2.24, 2.45) is 5.92 Å². The molecule has 0 amide bonds. The summed E-state index contributed by atoms with van der Waals surface area (Å²) in [7, 11) is 0. The molecule has 0 radical (unpaired) electrons. The van der Waals surface area contributed by atoms with Gasteiger partial charge in [0, 0.05) is 5.56 Å². The molecule has 1 heteroatoms. The molecule has 2 rings (SSSR count). The topological polar surface area (TPSA) is 17.1 Å². The molecule has 1 nitrogen and oxygen atoms in total. The number of aryl methyl sites for hydroxylation is 1. The summed E-state index contributed by atoms with van der Waals surface area (Å²) in [6.45, 7) is 15.9. The van der Waals surface area contributed by atoms with Gasteiger partial charge in [-0.3, -0.25) is 4.79 Å². The predicted octanol–water partition coefficient (Wildman–Crippen LogP) is 5.10. The fourth-order valence-electron chi connectivity index (χ4n) is 4.09. The van der Waals surface area contributed by atoms with E-state index in [4.69, 9.17) is 0 Å². The zero-order chi connectivity index (χ0) is 15.3. The molecule has 20 heavy (non-hydrogen) atoms. The van der Waals surface area contributed by atoms with Gasteiger partial charge in [-0.1, -0.05) is 40.7 Å². The van der Waals surface area contributed by atoms with Crippen molar-refractivity contribution in [1.29, 1.82) is 0 Å². The lowest BCUT2D eigenvalue weighted by molar-refractivity contribution is 0.112. The van der Waals surface area contributed by atoms with E-state index in [0.29, 0.717) is 5.92 Å². The maximum atomic E-state index is 11.5. The zero-order valence-electron chi connectivity index (χ0n) is 14.1. The summed E-state index contributed by atoms with van der Waals surface area (Å²) in [5.74, 6) is 0.654. The van der Waals surface area contributed by atoms with Crippen LogP contribution >= 0.6 is 0 Å². The van der Waals surface area contributed by atoms with E-state index in [-0.39, 0.29) is 10.8 Å². The van der Waals surface area contributed by atoms with Gasteiger partial charge >= 0.3 is 0 Å². The minimum absolute atomic E-state index is 0.181. The van der Waals surface area contributed by atoms with Gasteiger partial charge in [0.15, 0.2) is 6.29 Å². The molecule has 0 fully saturated rings. The Hall–Kier alpha value is -1.11. The summed E-state index contributed by atoms with van der Waals surface area (Å²) >= 11 is 0. The molecular formula is C19H28O. The quantitative estimate of drug-likeness (QED) is 0.684. The Morgan fingerprint density at radius 1 is 1.30 bits per heavy atom. The van der Waals surface area contributed by atoms with E-state index in [9.17, 15) is 4.79 Å². The Bertz CT molecular complexity index is 553. The Morgan fingerprint density at radius 2 is 1.90 bits per heavy atom. The highest BCUT2D eigenvalue weighted by Crippen LogP contribution is 2.52. The summed E-state index contributed by atoms with van der Waals surface area (Å²) in [6, 6.07) is 2.27. The molecule has 1 aromatic carbocycles. The molecule has 1 aromatic rings. The maximum absolute atomic E-state index is 11.5. The summed E-state index contributed by atoms with van der Waals surface area (Å²) in [5.41, 5.74) is 6.50. The molecule has 0 heterocycles. The van der Waals surface area contributed by atoms with Crippen molar-refractivity contribution in [3.63, 3.8) is 0 Å². The second-order valence-corrected chi connectivity index (χ2v) is 7.51. The highest BCUT2D eigenvalue weighted by molar-refractivity contribution is 5.81. The van der Waals surface area contributed by atoms with E-state index >= 15 is 0 Å². The second kappa shape index (κ2) is 4.72. The Balaban J connectivity index is 2.87. The van der Waals surface area contributed by atoms with Gasteiger partial charge in [0.1, 0.15) is 0 Å². The number of rotatable bonds is 2. The van der Waals surface area contributed by atoms with Gasteiger partial charge < -0.3 is 0 Å². The summed E-state index contributed by atoms with van der Waals surface area (Å²) in [4.78, 5) is 11.5. The van der Waals surface area contributed by atoms with Crippen molar-refractivity contribution >= 4 is 6.29 Å². The van der Waals surface area contributed by atoms with Crippen LogP contribution < -0.4 is 0 Å². The first kappa shape index (κ1) is 15.3. The average molecular weight is 272 g/mol. The van der Waals surface area contributed by atoms with Gasteiger partial charge in [0.2, 0.25) is 0 Å². The first-order chi connectivity index (χ1) is 9.19. The lowest BCUT2D eigenvalue weighted by Crippen LogP contribution is -2.42. The Labute approximate surface area is 123 Å².